The van der Waals surface area contributed by atoms with Crippen molar-refractivity contribution in [3.63, 3.8) is 0 Å². The third-order valence-corrected chi connectivity index (χ3v) is 15.7. The minimum absolute atomic E-state index is 0. The second-order valence-corrected chi connectivity index (χ2v) is 22.8. The molecule has 0 spiro atoms. The fourth-order valence-corrected chi connectivity index (χ4v) is 11.2. The molecule has 0 atom stereocenters. The number of benzene rings is 4. The van der Waals surface area contributed by atoms with Crippen molar-refractivity contribution in [3.05, 3.63) is 144 Å². The van der Waals surface area contributed by atoms with Crippen molar-refractivity contribution in [2.45, 2.75) is 53.4 Å². The van der Waals surface area contributed by atoms with Crippen LogP contribution in [-0.2, 0) is 55.4 Å². The monoisotopic (exact) mass is 1360 g/mol. The van der Waals surface area contributed by atoms with Gasteiger partial charge < -0.3 is 68.9 Å². The molecule has 6 N–H and O–H groups in total. The van der Waals surface area contributed by atoms with E-state index in [1.165, 1.54) is 47.3 Å². The normalized spacial score (nSPS) is 11.3. The molecule has 0 fully saturated rings. The van der Waals surface area contributed by atoms with Crippen LogP contribution in [-0.4, -0.2) is 186 Å². The number of nitrogens with zero attached hydrogens (tertiary/aromatic N) is 6. The number of ether oxygens (including phenoxy) is 4. The Morgan fingerprint density at radius 2 is 0.567 bits per heavy atom. The van der Waals surface area contributed by atoms with Crippen LogP contribution in [0.15, 0.2) is 121 Å². The average Bonchev–Trinajstić information content (AvgIpc) is 1.63. The van der Waals surface area contributed by atoms with Crippen molar-refractivity contribution in [2.75, 3.05) is 78.8 Å². The molecule has 2 aliphatic heterocycles. The Hall–Kier alpha value is -11.0. The summed E-state index contributed by atoms with van der Waals surface area (Å²) >= 11 is 0. The first-order valence-corrected chi connectivity index (χ1v) is 31.2. The number of hydrogen-bond acceptors (Lipinski definition) is 14. The number of nitrogens with one attached hydrogen (secondary N) is 2. The van der Waals surface area contributed by atoms with Gasteiger partial charge in [-0.2, -0.15) is 0 Å². The van der Waals surface area contributed by atoms with Gasteiger partial charge in [0.15, 0.2) is 0 Å². The summed E-state index contributed by atoms with van der Waals surface area (Å²) in [7, 11) is 0. The average molecular weight is 1360 g/mol. The van der Waals surface area contributed by atoms with Gasteiger partial charge in [-0.25, -0.2) is 9.97 Å². The molecule has 8 bridgehead atoms. The van der Waals surface area contributed by atoms with E-state index < -0.39 is 50.1 Å². The predicted molar refractivity (Wildman–Crippen MR) is 361 cm³/mol. The van der Waals surface area contributed by atoms with Crippen LogP contribution < -0.4 is 18.9 Å². The van der Waals surface area contributed by atoms with E-state index in [1.807, 2.05) is 146 Å². The summed E-state index contributed by atoms with van der Waals surface area (Å²) in [4.78, 5) is 118. The Bertz CT molecular complexity index is 3800. The van der Waals surface area contributed by atoms with Crippen molar-refractivity contribution in [1.82, 2.24) is 39.5 Å². The zero-order valence-corrected chi connectivity index (χ0v) is 55.1. The molecule has 4 amide bonds. The van der Waals surface area contributed by atoms with Crippen LogP contribution in [0.4, 0.5) is 0 Å². The first-order chi connectivity index (χ1) is 46.2. The zero-order chi connectivity index (χ0) is 68.4. The maximum Gasteiger partial charge on any atom is 3.00 e. The number of aliphatic carboxylic acids is 4. The molecular formula is C72H74MnN8O16+3. The summed E-state index contributed by atoms with van der Waals surface area (Å²) in [6.07, 6.45) is 9.13. The van der Waals surface area contributed by atoms with Gasteiger partial charge in [0.2, 0.25) is 23.6 Å². The largest absolute Gasteiger partial charge is 3.00 e. The number of aromatic nitrogens is 4. The van der Waals surface area contributed by atoms with Gasteiger partial charge in [-0.3, -0.25) is 38.4 Å². The summed E-state index contributed by atoms with van der Waals surface area (Å²) in [6.45, 7) is 4.91. The third-order valence-electron chi connectivity index (χ3n) is 15.7. The zero-order valence-electron chi connectivity index (χ0n) is 53.9. The van der Waals surface area contributed by atoms with Gasteiger partial charge in [-0.15, -0.1) is 0 Å². The standard InChI is InChI=1S/C72H74N8O16.Mn/c1-45(81)77(41-65(85)86)29-9-33-93-53-17-5-13-49(37-53)69-57-21-23-59(73-57)70(50-14-6-18-54(38-50)94-34-10-30-78(46(2)82)42-66(87)88)61-25-27-63(75-61)72(52-16-8-20-56(40-52)96-36-12-32-80(48(4)84)44-68(91)92)64-28-26-62(76-64)71(60-24-22-58(69)74-60)51-15-7-19-55(39-51)95-35-11-31-79(47(3)83)43-67(89)90;/h5-8,13-28,37-40,73,76H,9-12,29-36,41-44H2,1-4H3,(H,85,86)(H,87,88)(H,89,90)(H,91,92);/q;+3. The summed E-state index contributed by atoms with van der Waals surface area (Å²) in [5.74, 6) is -3.94. The predicted octanol–water partition coefficient (Wildman–Crippen LogP) is 10.1. The number of carbonyl (C=O) groups excluding carboxylic acids is 4. The van der Waals surface area contributed by atoms with Crippen LogP contribution in [0.25, 0.3) is 90.9 Å². The molecule has 25 heteroatoms. The quantitative estimate of drug-likeness (QED) is 0.0169. The van der Waals surface area contributed by atoms with E-state index in [-0.39, 0.29) is 93.3 Å². The molecule has 0 radical (unpaired) electrons. The van der Waals surface area contributed by atoms with Crippen molar-refractivity contribution in [3.8, 4) is 67.5 Å². The number of hydrogen-bond donors (Lipinski definition) is 6. The Balaban J connectivity index is 0.0000120. The van der Waals surface area contributed by atoms with E-state index >= 15 is 0 Å². The fourth-order valence-electron chi connectivity index (χ4n) is 11.2. The molecule has 5 heterocycles. The molecule has 0 aliphatic carbocycles. The molecule has 502 valence electrons. The minimum Gasteiger partial charge on any atom is -0.494 e. The van der Waals surface area contributed by atoms with Gasteiger partial charge in [0.25, 0.3) is 0 Å². The van der Waals surface area contributed by atoms with Crippen molar-refractivity contribution in [2.24, 2.45) is 0 Å². The van der Waals surface area contributed by atoms with Crippen LogP contribution >= 0.6 is 0 Å². The van der Waals surface area contributed by atoms with Gasteiger partial charge in [0, 0.05) is 98.2 Å². The maximum absolute atomic E-state index is 12.3. The van der Waals surface area contributed by atoms with E-state index in [0.29, 0.717) is 138 Å². The number of rotatable bonds is 32. The summed E-state index contributed by atoms with van der Waals surface area (Å²) in [5.41, 5.74) is 10.5. The van der Waals surface area contributed by atoms with E-state index in [0.717, 1.165) is 0 Å². The maximum atomic E-state index is 12.3. The van der Waals surface area contributed by atoms with Gasteiger partial charge in [0.1, 0.15) is 49.2 Å². The van der Waals surface area contributed by atoms with Crippen LogP contribution in [0, 0.1) is 0 Å². The molecule has 0 unspecified atom stereocenters. The van der Waals surface area contributed by atoms with Gasteiger partial charge in [-0.1, -0.05) is 48.5 Å². The first kappa shape index (κ1) is 71.8. The number of carboxylic acid groups (broad SMARTS) is 4. The number of amides is 4. The Morgan fingerprint density at radius 3 is 0.763 bits per heavy atom. The SMILES string of the molecule is CC(=O)N(CCCOc1cccc(-c2c3nc(c(-c4cccc(OCCCN(CC(=O)O)C(C)=O)c4)c4ccc([nH]4)c(-c4cccc(OCCCN(CC(=O)O)C(C)=O)c4)c4nc(c(-c5cccc(OCCCN(CC(=O)O)C(C)=O)c5)c5ccc2[nH]5)C=C4)C=C3)c1)CC(=O)O.[Mn+3]. The number of fused-ring (bicyclic) bond motifs is 8. The molecule has 97 heavy (non-hydrogen) atoms. The molecule has 7 aromatic rings. The molecule has 0 saturated heterocycles. The topological polar surface area (TPSA) is 325 Å². The summed E-state index contributed by atoms with van der Waals surface area (Å²) < 4.78 is 25.2. The Labute approximate surface area is 569 Å². The van der Waals surface area contributed by atoms with Gasteiger partial charge in [0.05, 0.1) is 49.2 Å². The van der Waals surface area contributed by atoms with E-state index in [2.05, 4.69) is 9.97 Å². The molecule has 9 rings (SSSR count). The van der Waals surface area contributed by atoms with Crippen molar-refractivity contribution >= 4 is 93.9 Å². The number of carbonyl (C=O) groups is 8. The van der Waals surface area contributed by atoms with Crippen LogP contribution in [0.1, 0.15) is 76.2 Å². The molecule has 3 aromatic heterocycles. The van der Waals surface area contributed by atoms with Gasteiger partial charge >= 0.3 is 40.9 Å². The Kier molecular flexibility index (Phi) is 25.1. The second kappa shape index (κ2) is 33.9. The minimum atomic E-state index is -1.12. The fraction of sp³-hybridized carbons (Fsp3) is 0.278. The third kappa shape index (κ3) is 19.5. The van der Waals surface area contributed by atoms with Crippen molar-refractivity contribution < 1.29 is 94.8 Å². The number of aromatic amines is 2. The van der Waals surface area contributed by atoms with Gasteiger partial charge in [-0.05, 0) is 145 Å². The molecule has 24 nitrogen and oxygen atoms in total. The van der Waals surface area contributed by atoms with Crippen LogP contribution in [0.5, 0.6) is 23.0 Å². The smallest absolute Gasteiger partial charge is 0.494 e. The van der Waals surface area contributed by atoms with Crippen LogP contribution in [0.2, 0.25) is 0 Å². The summed E-state index contributed by atoms with van der Waals surface area (Å²) in [5, 5.41) is 37.6. The van der Waals surface area contributed by atoms with E-state index in [1.54, 1.807) is 0 Å². The second-order valence-electron chi connectivity index (χ2n) is 22.8. The van der Waals surface area contributed by atoms with E-state index in [9.17, 15) is 58.8 Å². The first-order valence-electron chi connectivity index (χ1n) is 31.2. The molecular weight excluding hydrogens is 1290 g/mol. The summed E-state index contributed by atoms with van der Waals surface area (Å²) in [6, 6.07) is 37.8. The molecule has 4 aromatic carbocycles. The van der Waals surface area contributed by atoms with E-state index in [4.69, 9.17) is 28.9 Å². The molecule has 2 aliphatic rings. The number of carboxylic acids is 4. The Morgan fingerprint density at radius 1 is 0.351 bits per heavy atom. The van der Waals surface area contributed by atoms with Crippen LogP contribution in [0.3, 0.4) is 0 Å². The number of H-pyrrole nitrogens is 2. The van der Waals surface area contributed by atoms with Crippen molar-refractivity contribution in [1.29, 1.82) is 0 Å². The molecule has 0 saturated carbocycles.